The van der Waals surface area contributed by atoms with Gasteiger partial charge < -0.3 is 4.74 Å². The zero-order valence-corrected chi connectivity index (χ0v) is 13.8. The summed E-state index contributed by atoms with van der Waals surface area (Å²) in [5, 5.41) is 12.3. The van der Waals surface area contributed by atoms with E-state index in [0.717, 1.165) is 15.0 Å². The van der Waals surface area contributed by atoms with Gasteiger partial charge >= 0.3 is 0 Å². The summed E-state index contributed by atoms with van der Waals surface area (Å²) >= 11 is 4.87. The van der Waals surface area contributed by atoms with Crippen LogP contribution in [0, 0.1) is 6.92 Å². The van der Waals surface area contributed by atoms with Gasteiger partial charge in [-0.25, -0.2) is 0 Å². The van der Waals surface area contributed by atoms with Crippen LogP contribution in [0.2, 0.25) is 0 Å². The second-order valence-corrected chi connectivity index (χ2v) is 6.83. The van der Waals surface area contributed by atoms with Gasteiger partial charge in [0.1, 0.15) is 10.8 Å². The number of carbonyl (C=O) groups excluding carboxylic acids is 1. The zero-order chi connectivity index (χ0) is 14.8. The summed E-state index contributed by atoms with van der Waals surface area (Å²) in [5.74, 6) is 0.992. The lowest BCUT2D eigenvalue weighted by atomic mass is 10.2. The molecule has 5 nitrogen and oxygen atoms in total. The Morgan fingerprint density at radius 1 is 1.48 bits per heavy atom. The van der Waals surface area contributed by atoms with Crippen molar-refractivity contribution in [2.24, 2.45) is 0 Å². The molecule has 1 aromatic carbocycles. The van der Waals surface area contributed by atoms with Crippen LogP contribution in [0.3, 0.4) is 0 Å². The van der Waals surface area contributed by atoms with Crippen LogP contribution in [0.25, 0.3) is 0 Å². The highest BCUT2D eigenvalue weighted by molar-refractivity contribution is 9.10. The third kappa shape index (κ3) is 3.79. The van der Waals surface area contributed by atoms with Crippen LogP contribution in [-0.4, -0.2) is 22.7 Å². The Kier molecular flexibility index (Phi) is 4.21. The van der Waals surface area contributed by atoms with Crippen LogP contribution in [0.15, 0.2) is 22.7 Å². The number of aryl methyl sites for hydroxylation is 1. The molecule has 1 N–H and O–H groups in total. The Hall–Kier alpha value is -1.47. The number of ether oxygens (including phenoxy) is 1. The second-order valence-electron chi connectivity index (χ2n) is 4.97. The van der Waals surface area contributed by atoms with E-state index in [9.17, 15) is 4.79 Å². The van der Waals surface area contributed by atoms with Gasteiger partial charge in [-0.15, -0.1) is 10.2 Å². The van der Waals surface area contributed by atoms with Crippen molar-refractivity contribution in [1.82, 2.24) is 10.2 Å². The molecular weight excluding hydrogens is 354 g/mol. The molecule has 1 fully saturated rings. The predicted molar refractivity (Wildman–Crippen MR) is 84.9 cm³/mol. The van der Waals surface area contributed by atoms with E-state index in [0.29, 0.717) is 16.8 Å². The molecular formula is C14H14BrN3O2S. The summed E-state index contributed by atoms with van der Waals surface area (Å²) < 4.78 is 6.48. The Morgan fingerprint density at radius 2 is 2.29 bits per heavy atom. The molecule has 0 saturated heterocycles. The van der Waals surface area contributed by atoms with E-state index in [2.05, 4.69) is 31.4 Å². The maximum Gasteiger partial charge on any atom is 0.264 e. The topological polar surface area (TPSA) is 64.1 Å². The number of benzene rings is 1. The molecule has 0 spiro atoms. The SMILES string of the molecule is Cc1cc(OCC(=O)Nc2nnc(C3CC3)s2)ccc1Br. The van der Waals surface area contributed by atoms with Gasteiger partial charge in [0.25, 0.3) is 5.91 Å². The van der Waals surface area contributed by atoms with E-state index in [1.54, 1.807) is 0 Å². The van der Waals surface area contributed by atoms with Crippen molar-refractivity contribution >= 4 is 38.3 Å². The first-order valence-electron chi connectivity index (χ1n) is 6.64. The largest absolute Gasteiger partial charge is 0.484 e. The van der Waals surface area contributed by atoms with Gasteiger partial charge in [0.15, 0.2) is 6.61 Å². The van der Waals surface area contributed by atoms with Gasteiger partial charge in [-0.05, 0) is 43.5 Å². The van der Waals surface area contributed by atoms with Gasteiger partial charge in [0, 0.05) is 10.4 Å². The van der Waals surface area contributed by atoms with Gasteiger partial charge in [0.05, 0.1) is 0 Å². The molecule has 0 atom stereocenters. The number of aromatic nitrogens is 2. The summed E-state index contributed by atoms with van der Waals surface area (Å²) in [4.78, 5) is 11.8. The number of anilines is 1. The Labute approximate surface area is 134 Å². The van der Waals surface area contributed by atoms with E-state index >= 15 is 0 Å². The minimum atomic E-state index is -0.228. The number of hydrogen-bond acceptors (Lipinski definition) is 5. The fourth-order valence-corrected chi connectivity index (χ4v) is 2.97. The number of amides is 1. The molecule has 0 unspecified atom stereocenters. The molecule has 2 aromatic rings. The maximum absolute atomic E-state index is 11.8. The molecule has 0 aliphatic heterocycles. The van der Waals surface area contributed by atoms with Gasteiger partial charge in [-0.1, -0.05) is 27.3 Å². The molecule has 1 aliphatic carbocycles. The third-order valence-electron chi connectivity index (χ3n) is 3.11. The highest BCUT2D eigenvalue weighted by atomic mass is 79.9. The average molecular weight is 368 g/mol. The van der Waals surface area contributed by atoms with Crippen molar-refractivity contribution in [1.29, 1.82) is 0 Å². The standard InChI is InChI=1S/C14H14BrN3O2S/c1-8-6-10(4-5-11(8)15)20-7-12(19)16-14-18-17-13(21-14)9-2-3-9/h4-6,9H,2-3,7H2,1H3,(H,16,18,19). The van der Waals surface area contributed by atoms with Crippen molar-refractivity contribution in [2.45, 2.75) is 25.7 Å². The number of carbonyl (C=O) groups is 1. The van der Waals surface area contributed by atoms with E-state index in [4.69, 9.17) is 4.74 Å². The maximum atomic E-state index is 11.8. The second kappa shape index (κ2) is 6.11. The molecule has 1 heterocycles. The molecule has 3 rings (SSSR count). The Balaban J connectivity index is 1.52. The quantitative estimate of drug-likeness (QED) is 0.877. The first-order valence-corrected chi connectivity index (χ1v) is 8.25. The first kappa shape index (κ1) is 14.5. The van der Waals surface area contributed by atoms with Crippen LogP contribution in [0.5, 0.6) is 5.75 Å². The molecule has 7 heteroatoms. The number of hydrogen-bond donors (Lipinski definition) is 1. The van der Waals surface area contributed by atoms with Crippen molar-refractivity contribution in [2.75, 3.05) is 11.9 Å². The van der Waals surface area contributed by atoms with Crippen LogP contribution in [-0.2, 0) is 4.79 Å². The molecule has 110 valence electrons. The fourth-order valence-electron chi connectivity index (χ4n) is 1.79. The zero-order valence-electron chi connectivity index (χ0n) is 11.4. The number of nitrogens with one attached hydrogen (secondary N) is 1. The summed E-state index contributed by atoms with van der Waals surface area (Å²) in [6.07, 6.45) is 2.35. The van der Waals surface area contributed by atoms with E-state index in [1.165, 1.54) is 24.2 Å². The predicted octanol–water partition coefficient (Wildman–Crippen LogP) is 3.50. The minimum Gasteiger partial charge on any atom is -0.484 e. The summed E-state index contributed by atoms with van der Waals surface area (Å²) in [6, 6.07) is 5.60. The Morgan fingerprint density at radius 3 is 3.00 bits per heavy atom. The lowest BCUT2D eigenvalue weighted by Gasteiger charge is -2.07. The van der Waals surface area contributed by atoms with Crippen LogP contribution < -0.4 is 10.1 Å². The van der Waals surface area contributed by atoms with Gasteiger partial charge in [-0.2, -0.15) is 0 Å². The number of halogens is 1. The lowest BCUT2D eigenvalue weighted by Crippen LogP contribution is -2.20. The minimum absolute atomic E-state index is 0.0422. The number of nitrogens with zero attached hydrogens (tertiary/aromatic N) is 2. The third-order valence-corrected chi connectivity index (χ3v) is 5.00. The van der Waals surface area contributed by atoms with E-state index < -0.39 is 0 Å². The van der Waals surface area contributed by atoms with Crippen molar-refractivity contribution in [3.63, 3.8) is 0 Å². The number of rotatable bonds is 5. The molecule has 1 saturated carbocycles. The highest BCUT2D eigenvalue weighted by Crippen LogP contribution is 2.42. The summed E-state index contributed by atoms with van der Waals surface area (Å²) in [7, 11) is 0. The van der Waals surface area contributed by atoms with E-state index in [1.807, 2.05) is 25.1 Å². The van der Waals surface area contributed by atoms with Gasteiger partial charge in [0.2, 0.25) is 5.13 Å². The normalized spacial score (nSPS) is 14.0. The van der Waals surface area contributed by atoms with E-state index in [-0.39, 0.29) is 12.5 Å². The summed E-state index contributed by atoms with van der Waals surface area (Å²) in [6.45, 7) is 1.93. The molecule has 21 heavy (non-hydrogen) atoms. The first-order chi connectivity index (χ1) is 10.1. The van der Waals surface area contributed by atoms with Crippen molar-refractivity contribution < 1.29 is 9.53 Å². The van der Waals surface area contributed by atoms with Crippen molar-refractivity contribution in [3.8, 4) is 5.75 Å². The molecule has 1 amide bonds. The van der Waals surface area contributed by atoms with Crippen LogP contribution >= 0.6 is 27.3 Å². The highest BCUT2D eigenvalue weighted by Gasteiger charge is 2.27. The Bertz CT molecular complexity index is 670. The molecule has 1 aliphatic rings. The smallest absolute Gasteiger partial charge is 0.264 e. The monoisotopic (exact) mass is 367 g/mol. The molecule has 0 bridgehead atoms. The van der Waals surface area contributed by atoms with Gasteiger partial charge in [-0.3, -0.25) is 10.1 Å². The molecule has 1 aromatic heterocycles. The van der Waals surface area contributed by atoms with Crippen LogP contribution in [0.4, 0.5) is 5.13 Å². The van der Waals surface area contributed by atoms with Crippen LogP contribution in [0.1, 0.15) is 29.3 Å². The summed E-state index contributed by atoms with van der Waals surface area (Å²) in [5.41, 5.74) is 1.06. The van der Waals surface area contributed by atoms with Crippen molar-refractivity contribution in [3.05, 3.63) is 33.2 Å². The fraction of sp³-hybridized carbons (Fsp3) is 0.357. The average Bonchev–Trinajstić information content (AvgIpc) is 3.21. The molecule has 0 radical (unpaired) electrons. The lowest BCUT2D eigenvalue weighted by molar-refractivity contribution is -0.118.